The largest absolute Gasteiger partial charge is 0.506 e. The Labute approximate surface area is 73.9 Å². The molecular formula is C8H6N4O. The minimum Gasteiger partial charge on any atom is -0.506 e. The van der Waals surface area contributed by atoms with Gasteiger partial charge in [-0.25, -0.2) is 9.50 Å². The zero-order valence-electron chi connectivity index (χ0n) is 6.89. The van der Waals surface area contributed by atoms with Gasteiger partial charge in [0.05, 0.1) is 5.69 Å². The molecule has 0 unspecified atom stereocenters. The molecule has 5 nitrogen and oxygen atoms in total. The van der Waals surface area contributed by atoms with Crippen molar-refractivity contribution < 1.29 is 5.11 Å². The summed E-state index contributed by atoms with van der Waals surface area (Å²) in [5.74, 6) is -0.0551. The van der Waals surface area contributed by atoms with Gasteiger partial charge in [-0.05, 0) is 6.92 Å². The SMILES string of the molecule is Cc1c(C#N)c(O)cc2ncnn12. The van der Waals surface area contributed by atoms with E-state index >= 15 is 0 Å². The number of aromatic nitrogens is 3. The molecule has 2 aromatic rings. The van der Waals surface area contributed by atoms with Crippen LogP contribution in [-0.2, 0) is 0 Å². The Morgan fingerprint density at radius 1 is 1.62 bits per heavy atom. The molecule has 0 amide bonds. The summed E-state index contributed by atoms with van der Waals surface area (Å²) in [6, 6.07) is 3.32. The second-order valence-electron chi connectivity index (χ2n) is 2.63. The van der Waals surface area contributed by atoms with Crippen molar-refractivity contribution in [1.29, 1.82) is 5.26 Å². The number of pyridine rings is 1. The number of hydrogen-bond acceptors (Lipinski definition) is 4. The van der Waals surface area contributed by atoms with Crippen LogP contribution in [0.2, 0.25) is 0 Å². The van der Waals surface area contributed by atoms with Crippen molar-refractivity contribution in [3.63, 3.8) is 0 Å². The first-order valence-corrected chi connectivity index (χ1v) is 3.66. The number of nitrogens with zero attached hydrogens (tertiary/aromatic N) is 4. The molecule has 0 spiro atoms. The summed E-state index contributed by atoms with van der Waals surface area (Å²) in [7, 11) is 0. The molecular weight excluding hydrogens is 168 g/mol. The van der Waals surface area contributed by atoms with Crippen molar-refractivity contribution in [2.45, 2.75) is 6.92 Å². The van der Waals surface area contributed by atoms with E-state index in [1.165, 1.54) is 16.9 Å². The summed E-state index contributed by atoms with van der Waals surface area (Å²) in [6.07, 6.45) is 1.38. The highest BCUT2D eigenvalue weighted by atomic mass is 16.3. The summed E-state index contributed by atoms with van der Waals surface area (Å²) in [5, 5.41) is 22.0. The summed E-state index contributed by atoms with van der Waals surface area (Å²) in [6.45, 7) is 1.71. The van der Waals surface area contributed by atoms with Crippen LogP contribution >= 0.6 is 0 Å². The summed E-state index contributed by atoms with van der Waals surface area (Å²) in [4.78, 5) is 3.90. The first kappa shape index (κ1) is 7.55. The lowest BCUT2D eigenvalue weighted by atomic mass is 10.2. The molecule has 0 bridgehead atoms. The Morgan fingerprint density at radius 3 is 3.08 bits per heavy atom. The van der Waals surface area contributed by atoms with E-state index in [4.69, 9.17) is 5.26 Å². The van der Waals surface area contributed by atoms with Crippen molar-refractivity contribution >= 4 is 5.65 Å². The van der Waals surface area contributed by atoms with Gasteiger partial charge in [0.15, 0.2) is 5.65 Å². The van der Waals surface area contributed by atoms with E-state index in [-0.39, 0.29) is 11.3 Å². The minimum absolute atomic E-state index is 0.0551. The molecule has 0 aliphatic rings. The predicted octanol–water partition coefficient (Wildman–Crippen LogP) is 0.615. The highest BCUT2D eigenvalue weighted by Gasteiger charge is 2.09. The quantitative estimate of drug-likeness (QED) is 0.635. The lowest BCUT2D eigenvalue weighted by Crippen LogP contribution is -1.97. The summed E-state index contributed by atoms with van der Waals surface area (Å²) in [5.41, 5.74) is 1.36. The van der Waals surface area contributed by atoms with Gasteiger partial charge in [0.2, 0.25) is 0 Å². The number of hydrogen-bond donors (Lipinski definition) is 1. The van der Waals surface area contributed by atoms with Crippen LogP contribution in [0.1, 0.15) is 11.3 Å². The molecule has 2 aromatic heterocycles. The molecule has 13 heavy (non-hydrogen) atoms. The van der Waals surface area contributed by atoms with Crippen LogP contribution in [-0.4, -0.2) is 19.7 Å². The third-order valence-electron chi connectivity index (χ3n) is 1.89. The lowest BCUT2D eigenvalue weighted by molar-refractivity contribution is 0.472. The van der Waals surface area contributed by atoms with E-state index in [1.807, 2.05) is 6.07 Å². The first-order valence-electron chi connectivity index (χ1n) is 3.66. The maximum atomic E-state index is 9.40. The first-order chi connectivity index (χ1) is 6.24. The monoisotopic (exact) mass is 174 g/mol. The third kappa shape index (κ3) is 0.924. The Bertz CT molecular complexity index is 509. The second kappa shape index (κ2) is 2.45. The van der Waals surface area contributed by atoms with Crippen molar-refractivity contribution in [2.75, 3.05) is 0 Å². The molecule has 0 aliphatic carbocycles. The molecule has 0 saturated heterocycles. The minimum atomic E-state index is -0.0551. The lowest BCUT2D eigenvalue weighted by Gasteiger charge is -2.01. The van der Waals surface area contributed by atoms with Crippen molar-refractivity contribution in [1.82, 2.24) is 14.6 Å². The highest BCUT2D eigenvalue weighted by Crippen LogP contribution is 2.20. The molecule has 0 fully saturated rings. The van der Waals surface area contributed by atoms with Gasteiger partial charge >= 0.3 is 0 Å². The molecule has 64 valence electrons. The van der Waals surface area contributed by atoms with E-state index < -0.39 is 0 Å². The van der Waals surface area contributed by atoms with Gasteiger partial charge in [-0.3, -0.25) is 0 Å². The van der Waals surface area contributed by atoms with Crippen molar-refractivity contribution in [3.8, 4) is 11.8 Å². The molecule has 2 rings (SSSR count). The zero-order chi connectivity index (χ0) is 9.42. The van der Waals surface area contributed by atoms with Crippen LogP contribution in [0.25, 0.3) is 5.65 Å². The molecule has 5 heteroatoms. The number of aromatic hydroxyl groups is 1. The number of fused-ring (bicyclic) bond motifs is 1. The smallest absolute Gasteiger partial charge is 0.159 e. The zero-order valence-corrected chi connectivity index (χ0v) is 6.89. The molecule has 1 N–H and O–H groups in total. The van der Waals surface area contributed by atoms with Crippen LogP contribution in [0, 0.1) is 18.3 Å². The van der Waals surface area contributed by atoms with Crippen LogP contribution < -0.4 is 0 Å². The van der Waals surface area contributed by atoms with E-state index in [9.17, 15) is 5.11 Å². The normalized spacial score (nSPS) is 10.2. The van der Waals surface area contributed by atoms with E-state index in [2.05, 4.69) is 10.1 Å². The van der Waals surface area contributed by atoms with Gasteiger partial charge in [0.25, 0.3) is 0 Å². The summed E-state index contributed by atoms with van der Waals surface area (Å²) < 4.78 is 1.51. The average Bonchev–Trinajstić information content (AvgIpc) is 2.53. The predicted molar refractivity (Wildman–Crippen MR) is 44.1 cm³/mol. The molecule has 0 aliphatic heterocycles. The van der Waals surface area contributed by atoms with Crippen LogP contribution in [0.15, 0.2) is 12.4 Å². The average molecular weight is 174 g/mol. The molecule has 0 saturated carbocycles. The Morgan fingerprint density at radius 2 is 2.38 bits per heavy atom. The van der Waals surface area contributed by atoms with Gasteiger partial charge < -0.3 is 5.11 Å². The van der Waals surface area contributed by atoms with Gasteiger partial charge in [0, 0.05) is 6.07 Å². The van der Waals surface area contributed by atoms with Crippen LogP contribution in [0.3, 0.4) is 0 Å². The van der Waals surface area contributed by atoms with Gasteiger partial charge in [-0.1, -0.05) is 0 Å². The Hall–Kier alpha value is -2.09. The second-order valence-corrected chi connectivity index (χ2v) is 2.63. The van der Waals surface area contributed by atoms with Gasteiger partial charge in [-0.2, -0.15) is 10.4 Å². The van der Waals surface area contributed by atoms with Crippen LogP contribution in [0.4, 0.5) is 0 Å². The molecule has 0 aromatic carbocycles. The van der Waals surface area contributed by atoms with E-state index in [0.29, 0.717) is 11.3 Å². The van der Waals surface area contributed by atoms with E-state index in [0.717, 1.165) is 0 Å². The molecule has 2 heterocycles. The van der Waals surface area contributed by atoms with Crippen LogP contribution in [0.5, 0.6) is 5.75 Å². The molecule has 0 atom stereocenters. The Balaban J connectivity index is 2.95. The standard InChI is InChI=1S/C8H6N4O/c1-5-6(3-9)7(13)2-8-10-4-11-12(5)8/h2,4,13H,1H3. The number of aryl methyl sites for hydroxylation is 1. The topological polar surface area (TPSA) is 74.2 Å². The fourth-order valence-corrected chi connectivity index (χ4v) is 1.23. The van der Waals surface area contributed by atoms with E-state index in [1.54, 1.807) is 6.92 Å². The number of rotatable bonds is 0. The van der Waals surface area contributed by atoms with Gasteiger partial charge in [0.1, 0.15) is 23.7 Å². The Kier molecular flexibility index (Phi) is 1.43. The number of nitriles is 1. The highest BCUT2D eigenvalue weighted by molar-refractivity contribution is 5.54. The fraction of sp³-hybridized carbons (Fsp3) is 0.125. The molecule has 0 radical (unpaired) electrons. The fourth-order valence-electron chi connectivity index (χ4n) is 1.23. The third-order valence-corrected chi connectivity index (χ3v) is 1.89. The van der Waals surface area contributed by atoms with Crippen molar-refractivity contribution in [2.24, 2.45) is 0 Å². The van der Waals surface area contributed by atoms with Gasteiger partial charge in [-0.15, -0.1) is 0 Å². The maximum absolute atomic E-state index is 9.40. The maximum Gasteiger partial charge on any atom is 0.159 e. The van der Waals surface area contributed by atoms with Crippen molar-refractivity contribution in [3.05, 3.63) is 23.7 Å². The summed E-state index contributed by atoms with van der Waals surface area (Å²) >= 11 is 0.